The number of aliphatic hydroxyl groups excluding tert-OH is 1. The van der Waals surface area contributed by atoms with Gasteiger partial charge in [0.25, 0.3) is 5.91 Å². The summed E-state index contributed by atoms with van der Waals surface area (Å²) < 4.78 is 1.58. The Morgan fingerprint density at radius 1 is 1.16 bits per heavy atom. The maximum Gasteiger partial charge on any atom is 0.273 e. The van der Waals surface area contributed by atoms with Crippen LogP contribution >= 0.6 is 11.6 Å². The van der Waals surface area contributed by atoms with E-state index in [1.54, 1.807) is 21.8 Å². The zero-order valence-electron chi connectivity index (χ0n) is 20.8. The fraction of sp³-hybridized carbons (Fsp3) is 0.462. The van der Waals surface area contributed by atoms with E-state index in [-0.39, 0.29) is 35.5 Å². The van der Waals surface area contributed by atoms with Gasteiger partial charge in [-0.25, -0.2) is 4.68 Å². The lowest BCUT2D eigenvalue weighted by Crippen LogP contribution is -2.55. The van der Waals surface area contributed by atoms with Crippen molar-refractivity contribution in [2.24, 2.45) is 11.8 Å². The van der Waals surface area contributed by atoms with Crippen LogP contribution in [-0.4, -0.2) is 60.8 Å². The summed E-state index contributed by atoms with van der Waals surface area (Å²) in [6.07, 6.45) is 2.46. The van der Waals surface area contributed by atoms with E-state index in [9.17, 15) is 14.7 Å². The largest absolute Gasteiger partial charge is 0.390 e. The second-order valence-electron chi connectivity index (χ2n) is 10.4. The lowest BCUT2D eigenvalue weighted by molar-refractivity contribution is -0.118. The molecule has 3 aromatic rings. The Bertz CT molecular complexity index is 1410. The van der Waals surface area contributed by atoms with E-state index in [1.807, 2.05) is 39.0 Å². The first kappa shape index (κ1) is 24.0. The predicted octanol–water partition coefficient (Wildman–Crippen LogP) is 2.58. The third kappa shape index (κ3) is 4.08. The number of aromatic nitrogens is 5. The smallest absolute Gasteiger partial charge is 0.273 e. The molecule has 4 unspecified atom stereocenters. The van der Waals surface area contributed by atoms with Crippen LogP contribution in [0.25, 0.3) is 0 Å². The summed E-state index contributed by atoms with van der Waals surface area (Å²) in [5.41, 5.74) is 3.66. The van der Waals surface area contributed by atoms with Crippen molar-refractivity contribution in [1.82, 2.24) is 30.5 Å². The average Bonchev–Trinajstić information content (AvgIpc) is 3.34. The molecule has 2 amide bonds. The van der Waals surface area contributed by atoms with Crippen LogP contribution in [-0.2, 0) is 4.79 Å². The number of aliphatic hydroxyl groups is 1. The number of nitrogens with zero attached hydrogens (tertiary/aromatic N) is 6. The van der Waals surface area contributed by atoms with Crippen molar-refractivity contribution in [3.05, 3.63) is 63.6 Å². The van der Waals surface area contributed by atoms with E-state index >= 15 is 0 Å². The van der Waals surface area contributed by atoms with Crippen LogP contribution in [0.15, 0.2) is 30.5 Å². The summed E-state index contributed by atoms with van der Waals surface area (Å²) in [7, 11) is 0. The molecule has 1 saturated heterocycles. The number of halogens is 1. The van der Waals surface area contributed by atoms with Crippen LogP contribution in [0.4, 0.5) is 5.82 Å². The molecule has 0 radical (unpaired) electrons. The third-order valence-electron chi connectivity index (χ3n) is 8.17. The fourth-order valence-electron chi connectivity index (χ4n) is 5.52. The topological polar surface area (TPSA) is 126 Å². The van der Waals surface area contributed by atoms with Gasteiger partial charge in [0.1, 0.15) is 0 Å². The van der Waals surface area contributed by atoms with Gasteiger partial charge in [-0.05, 0) is 68.4 Å². The Balaban J connectivity index is 1.12. The number of piperidine rings is 1. The second-order valence-corrected chi connectivity index (χ2v) is 10.9. The summed E-state index contributed by atoms with van der Waals surface area (Å²) >= 11 is 6.07. The molecule has 0 spiro atoms. The maximum absolute atomic E-state index is 12.8. The zero-order valence-corrected chi connectivity index (χ0v) is 21.6. The summed E-state index contributed by atoms with van der Waals surface area (Å²) in [5.74, 6) is 0.908. The molecule has 11 heteroatoms. The normalized spacial score (nSPS) is 27.0. The van der Waals surface area contributed by atoms with E-state index in [1.165, 1.54) is 0 Å². The molecule has 37 heavy (non-hydrogen) atoms. The molecule has 10 nitrogen and oxygen atoms in total. The Hall–Kier alpha value is -3.37. The number of amides is 2. The first-order valence-corrected chi connectivity index (χ1v) is 12.9. The highest BCUT2D eigenvalue weighted by atomic mass is 35.5. The summed E-state index contributed by atoms with van der Waals surface area (Å²) in [6.45, 7) is 6.53. The van der Waals surface area contributed by atoms with Crippen LogP contribution < -0.4 is 10.2 Å². The maximum atomic E-state index is 12.8. The van der Waals surface area contributed by atoms with E-state index in [2.05, 4.69) is 25.8 Å². The van der Waals surface area contributed by atoms with Gasteiger partial charge in [-0.3, -0.25) is 14.5 Å². The fourth-order valence-corrected chi connectivity index (χ4v) is 5.72. The molecule has 6 rings (SSSR count). The van der Waals surface area contributed by atoms with Crippen LogP contribution in [0.2, 0.25) is 5.02 Å². The van der Waals surface area contributed by atoms with Gasteiger partial charge in [0, 0.05) is 23.4 Å². The lowest BCUT2D eigenvalue weighted by Gasteiger charge is -2.41. The third-order valence-corrected chi connectivity index (χ3v) is 8.41. The Kier molecular flexibility index (Phi) is 5.76. The zero-order chi connectivity index (χ0) is 26.0. The molecule has 2 aliphatic carbocycles. The predicted molar refractivity (Wildman–Crippen MR) is 135 cm³/mol. The number of carbonyl (C=O) groups excluding carboxylic acids is 2. The van der Waals surface area contributed by atoms with Crippen LogP contribution in [0.1, 0.15) is 64.6 Å². The molecule has 1 aliphatic heterocycles. The van der Waals surface area contributed by atoms with Crippen LogP contribution in [0, 0.1) is 25.7 Å². The van der Waals surface area contributed by atoms with Crippen molar-refractivity contribution in [2.45, 2.75) is 57.7 Å². The number of benzene rings is 1. The second kappa shape index (κ2) is 8.88. The highest BCUT2D eigenvalue weighted by Gasteiger charge is 2.53. The highest BCUT2D eigenvalue weighted by Crippen LogP contribution is 2.47. The number of nitrogens with one attached hydrogen (secondary N) is 1. The van der Waals surface area contributed by atoms with Crippen molar-refractivity contribution < 1.29 is 14.7 Å². The minimum absolute atomic E-state index is 0.0749. The van der Waals surface area contributed by atoms with E-state index in [0.717, 1.165) is 23.1 Å². The molecular formula is C26H28ClN7O3. The Labute approximate surface area is 219 Å². The average molecular weight is 522 g/mol. The van der Waals surface area contributed by atoms with Gasteiger partial charge in [0.2, 0.25) is 5.91 Å². The Morgan fingerprint density at radius 3 is 2.68 bits per heavy atom. The number of hydrogen-bond donors (Lipinski definition) is 2. The number of fused-ring (bicyclic) bond motifs is 1. The van der Waals surface area contributed by atoms with Gasteiger partial charge < -0.3 is 10.4 Å². The quantitative estimate of drug-likeness (QED) is 0.510. The van der Waals surface area contributed by atoms with Gasteiger partial charge >= 0.3 is 0 Å². The first-order chi connectivity index (χ1) is 17.7. The van der Waals surface area contributed by atoms with E-state index < -0.39 is 12.0 Å². The molecule has 2 aromatic heterocycles. The van der Waals surface area contributed by atoms with Crippen molar-refractivity contribution in [3.8, 4) is 0 Å². The van der Waals surface area contributed by atoms with Crippen molar-refractivity contribution in [2.75, 3.05) is 11.4 Å². The molecule has 2 saturated carbocycles. The molecule has 192 valence electrons. The minimum atomic E-state index is -0.704. The summed E-state index contributed by atoms with van der Waals surface area (Å²) in [4.78, 5) is 27.1. The van der Waals surface area contributed by atoms with Gasteiger partial charge in [0.15, 0.2) is 11.5 Å². The molecule has 3 aliphatic rings. The summed E-state index contributed by atoms with van der Waals surface area (Å²) in [6, 6.07) is 6.71. The summed E-state index contributed by atoms with van der Waals surface area (Å²) in [5, 5.41) is 31.1. The SMILES string of the molecule is Cc1c(C(C)n2cc(C(=O)NC3CC(c4cccc(Cl)c4)C3O)nn2)nnc(N2C[C@H]3C[C@H]3C2=O)c1C. The molecule has 1 aromatic carbocycles. The van der Waals surface area contributed by atoms with Crippen LogP contribution in [0.5, 0.6) is 0 Å². The molecule has 2 N–H and O–H groups in total. The highest BCUT2D eigenvalue weighted by molar-refractivity contribution is 6.30. The monoisotopic (exact) mass is 521 g/mol. The first-order valence-electron chi connectivity index (χ1n) is 12.5. The van der Waals surface area contributed by atoms with E-state index in [4.69, 9.17) is 11.6 Å². The molecule has 6 atom stereocenters. The molecular weight excluding hydrogens is 494 g/mol. The standard InChI is InChI=1S/C26H28ClN7O3/c1-12-13(2)24(33-10-16-8-19(16)26(33)37)31-30-22(12)14(3)34-11-21(29-32-34)25(36)28-20-9-18(23(20)35)15-5-4-6-17(27)7-15/h4-7,11,14,16,18-20,23,35H,8-10H2,1-3H3,(H,28,36)/t14?,16-,18?,19-,20?,23?/m1/s1. The van der Waals surface area contributed by atoms with Crippen LogP contribution in [0.3, 0.4) is 0 Å². The van der Waals surface area contributed by atoms with Crippen molar-refractivity contribution in [1.29, 1.82) is 0 Å². The lowest BCUT2D eigenvalue weighted by atomic mass is 9.73. The van der Waals surface area contributed by atoms with Gasteiger partial charge in [0.05, 0.1) is 30.1 Å². The van der Waals surface area contributed by atoms with Gasteiger partial charge in [-0.15, -0.1) is 10.2 Å². The van der Waals surface area contributed by atoms with Gasteiger partial charge in [-0.2, -0.15) is 5.10 Å². The number of carbonyl (C=O) groups is 2. The molecule has 0 bridgehead atoms. The van der Waals surface area contributed by atoms with Crippen molar-refractivity contribution in [3.63, 3.8) is 0 Å². The van der Waals surface area contributed by atoms with Crippen molar-refractivity contribution >= 4 is 29.2 Å². The van der Waals surface area contributed by atoms with E-state index in [0.29, 0.717) is 35.4 Å². The van der Waals surface area contributed by atoms with Gasteiger partial charge in [-0.1, -0.05) is 28.9 Å². The minimum Gasteiger partial charge on any atom is -0.390 e. The Morgan fingerprint density at radius 2 is 1.97 bits per heavy atom. The number of rotatable bonds is 6. The molecule has 3 heterocycles. The number of anilines is 1. The molecule has 3 fully saturated rings. The number of hydrogen-bond acceptors (Lipinski definition) is 7.